The van der Waals surface area contributed by atoms with Gasteiger partial charge in [0.05, 0.1) is 46.6 Å². The molecule has 0 radical (unpaired) electrons. The van der Waals surface area contributed by atoms with Crippen molar-refractivity contribution in [1.29, 1.82) is 0 Å². The molecule has 3 aromatic rings. The van der Waals surface area contributed by atoms with E-state index in [9.17, 15) is 70.8 Å². The Morgan fingerprint density at radius 3 is 1.23 bits per heavy atom. The van der Waals surface area contributed by atoms with E-state index in [1.54, 1.807) is 60.9 Å². The molecule has 0 fully saturated rings. The molecule has 0 saturated carbocycles. The van der Waals surface area contributed by atoms with Gasteiger partial charge in [0.2, 0.25) is 6.41 Å². The van der Waals surface area contributed by atoms with Gasteiger partial charge in [-0.25, -0.2) is 0 Å². The molecule has 0 amide bonds. The largest absolute Gasteiger partial charge is 0.383 e. The number of ether oxygens (including phenoxy) is 2. The zero-order valence-corrected chi connectivity index (χ0v) is 40.2. The minimum atomic E-state index is -0.958. The molecule has 0 N–H and O–H groups in total. The molecular formula is C41H59N9O16. The van der Waals surface area contributed by atoms with Gasteiger partial charge < -0.3 is 14.4 Å². The summed E-state index contributed by atoms with van der Waals surface area (Å²) in [6.45, 7) is 18.7. The topological polar surface area (TPSA) is 327 Å². The number of rotatable bonds is 12. The second kappa shape index (κ2) is 23.7. The number of nitro benzene ring substituents is 7. The number of aryl methyl sites for hydroxylation is 1. The van der Waals surface area contributed by atoms with Crippen LogP contribution in [-0.2, 0) is 25.7 Å². The number of nitro groups is 7. The highest BCUT2D eigenvalue weighted by Gasteiger charge is 2.41. The standard InChI is InChI=1S/C14H18N4O6.2C11H14N2O4.C5H13NO2/c1-14(2,3)12-11(17(21)22)8-10(16(19)20)9(6-7-15(4)5)13(12)18(23)24;1-7-5-8(11(2,3)4)10(13(16)17)6-9(7)12(14)15;1-7-9(12(14)15)6-5-8(11(2,3)4)10(7)13(16)17;1-6(2)5(7-3)8-4/h6-8H,1-5H3;2*5-6H,1-4H3;5H,1-4H3/b7-6+;;;. The number of hydrogen-bond acceptors (Lipinski definition) is 18. The van der Waals surface area contributed by atoms with Gasteiger partial charge >= 0.3 is 0 Å². The van der Waals surface area contributed by atoms with Gasteiger partial charge in [0.15, 0.2) is 0 Å². The number of hydrogen-bond donors (Lipinski definition) is 0. The van der Waals surface area contributed by atoms with E-state index in [1.807, 2.05) is 60.5 Å². The van der Waals surface area contributed by atoms with Crippen molar-refractivity contribution in [2.75, 3.05) is 42.4 Å². The third kappa shape index (κ3) is 16.1. The summed E-state index contributed by atoms with van der Waals surface area (Å²) < 4.78 is 9.73. The van der Waals surface area contributed by atoms with Crippen LogP contribution in [0.25, 0.3) is 6.08 Å². The Labute approximate surface area is 381 Å². The Kier molecular flexibility index (Phi) is 21.1. The van der Waals surface area contributed by atoms with Crippen LogP contribution in [0.15, 0.2) is 36.5 Å². The molecule has 0 aromatic heterocycles. The van der Waals surface area contributed by atoms with Crippen molar-refractivity contribution in [2.45, 2.75) is 98.8 Å². The van der Waals surface area contributed by atoms with Crippen molar-refractivity contribution >= 4 is 45.9 Å². The molecule has 0 spiro atoms. The lowest BCUT2D eigenvalue weighted by Crippen LogP contribution is -2.30. The molecule has 0 atom stereocenters. The predicted molar refractivity (Wildman–Crippen MR) is 246 cm³/mol. The SMILES string of the molecule is CN(C)/C=C/c1c([N+](=O)[O-])cc([N+](=O)[O-])c(C(C)(C)C)c1[N+](=O)[O-].COC(OC)N(C)C.Cc1c([N+](=O)[O-])ccc(C(C)(C)C)c1[N+](=O)[O-].Cc1cc(C(C)(C)C)c([N+](=O)[O-])cc1[N+](=O)[O-]. The zero-order chi connectivity index (χ0) is 52.1. The van der Waals surface area contributed by atoms with Crippen LogP contribution in [0.2, 0.25) is 0 Å². The molecule has 0 aliphatic carbocycles. The number of methoxy groups -OCH3 is 2. The van der Waals surface area contributed by atoms with E-state index >= 15 is 0 Å². The van der Waals surface area contributed by atoms with Crippen molar-refractivity contribution in [3.8, 4) is 0 Å². The van der Waals surface area contributed by atoms with Gasteiger partial charge in [-0.15, -0.1) is 0 Å². The molecule has 25 nitrogen and oxygen atoms in total. The first-order valence-electron chi connectivity index (χ1n) is 19.5. The number of nitrogens with zero attached hydrogens (tertiary/aromatic N) is 9. The molecule has 66 heavy (non-hydrogen) atoms. The minimum Gasteiger partial charge on any atom is -0.383 e. The first-order chi connectivity index (χ1) is 29.9. The molecule has 0 bridgehead atoms. The molecule has 0 saturated heterocycles. The van der Waals surface area contributed by atoms with Crippen LogP contribution in [0.5, 0.6) is 0 Å². The number of benzene rings is 3. The van der Waals surface area contributed by atoms with Crippen molar-refractivity contribution < 1.29 is 43.9 Å². The van der Waals surface area contributed by atoms with Gasteiger partial charge in [-0.2, -0.15) is 0 Å². The smallest absolute Gasteiger partial charge is 0.294 e. The van der Waals surface area contributed by atoms with E-state index in [2.05, 4.69) is 0 Å². The molecule has 0 heterocycles. The minimum absolute atomic E-state index is 0.104. The van der Waals surface area contributed by atoms with Crippen LogP contribution in [0, 0.1) is 84.6 Å². The summed E-state index contributed by atoms with van der Waals surface area (Å²) in [6, 6.07) is 6.13. The van der Waals surface area contributed by atoms with E-state index in [4.69, 9.17) is 9.47 Å². The van der Waals surface area contributed by atoms with Crippen LogP contribution >= 0.6 is 0 Å². The van der Waals surface area contributed by atoms with Crippen LogP contribution in [0.4, 0.5) is 39.8 Å². The summed E-state index contributed by atoms with van der Waals surface area (Å²) in [7, 11) is 10.3. The fraction of sp³-hybridized carbons (Fsp3) is 0.512. The highest BCUT2D eigenvalue weighted by Crippen LogP contribution is 2.45. The monoisotopic (exact) mass is 933 g/mol. The molecule has 25 heteroatoms. The predicted octanol–water partition coefficient (Wildman–Crippen LogP) is 9.58. The quantitative estimate of drug-likeness (QED) is 0.0926. The van der Waals surface area contributed by atoms with E-state index in [1.165, 1.54) is 37.4 Å². The first kappa shape index (κ1) is 58.9. The Balaban J connectivity index is 0.000000901. The first-order valence-corrected chi connectivity index (χ1v) is 19.5. The van der Waals surface area contributed by atoms with Gasteiger partial charge in [0, 0.05) is 56.5 Å². The summed E-state index contributed by atoms with van der Waals surface area (Å²) in [5.41, 5.74) is -3.42. The third-order valence-electron chi connectivity index (χ3n) is 9.09. The normalized spacial score (nSPS) is 11.4. The van der Waals surface area contributed by atoms with Gasteiger partial charge in [-0.3, -0.25) is 75.7 Å². The zero-order valence-electron chi connectivity index (χ0n) is 40.2. The lowest BCUT2D eigenvalue weighted by Gasteiger charge is -2.19. The Bertz CT molecular complexity index is 2320. The van der Waals surface area contributed by atoms with E-state index in [0.29, 0.717) is 16.7 Å². The lowest BCUT2D eigenvalue weighted by molar-refractivity contribution is -0.404. The van der Waals surface area contributed by atoms with Crippen LogP contribution in [0.3, 0.4) is 0 Å². The molecule has 0 unspecified atom stereocenters. The summed E-state index contributed by atoms with van der Waals surface area (Å²) >= 11 is 0. The van der Waals surface area contributed by atoms with Gasteiger partial charge in [-0.1, -0.05) is 62.3 Å². The summed E-state index contributed by atoms with van der Waals surface area (Å²) in [5, 5.41) is 77.7. The van der Waals surface area contributed by atoms with E-state index < -0.39 is 67.8 Å². The molecular weight excluding hydrogens is 874 g/mol. The average Bonchev–Trinajstić information content (AvgIpc) is 3.15. The highest BCUT2D eigenvalue weighted by atomic mass is 16.7. The molecule has 0 aliphatic rings. The fourth-order valence-electron chi connectivity index (χ4n) is 6.15. The Morgan fingerprint density at radius 2 is 0.924 bits per heavy atom. The van der Waals surface area contributed by atoms with Crippen molar-refractivity contribution in [3.05, 3.63) is 141 Å². The van der Waals surface area contributed by atoms with E-state index in [-0.39, 0.29) is 45.9 Å². The third-order valence-corrected chi connectivity index (χ3v) is 9.09. The summed E-state index contributed by atoms with van der Waals surface area (Å²) in [4.78, 5) is 76.2. The van der Waals surface area contributed by atoms with Crippen LogP contribution in [0.1, 0.15) is 95.7 Å². The lowest BCUT2D eigenvalue weighted by atomic mass is 9.82. The van der Waals surface area contributed by atoms with Gasteiger partial charge in [-0.05, 0) is 63.2 Å². The second-order valence-electron chi connectivity index (χ2n) is 17.9. The highest BCUT2D eigenvalue weighted by molar-refractivity contribution is 5.78. The van der Waals surface area contributed by atoms with E-state index in [0.717, 1.165) is 12.1 Å². The van der Waals surface area contributed by atoms with Gasteiger partial charge in [0.1, 0.15) is 16.7 Å². The summed E-state index contributed by atoms with van der Waals surface area (Å²) in [5.74, 6) is 0. The van der Waals surface area contributed by atoms with Crippen molar-refractivity contribution in [1.82, 2.24) is 9.80 Å². The average molecular weight is 934 g/mol. The second-order valence-corrected chi connectivity index (χ2v) is 17.9. The maximum atomic E-state index is 11.6. The maximum Gasteiger partial charge on any atom is 0.294 e. The molecule has 364 valence electrons. The van der Waals surface area contributed by atoms with Crippen LogP contribution < -0.4 is 0 Å². The molecule has 0 aliphatic heterocycles. The van der Waals surface area contributed by atoms with Crippen molar-refractivity contribution in [2.24, 2.45) is 0 Å². The van der Waals surface area contributed by atoms with Crippen molar-refractivity contribution in [3.63, 3.8) is 0 Å². The molecule has 3 aromatic carbocycles. The fourth-order valence-corrected chi connectivity index (χ4v) is 6.15. The Morgan fingerprint density at radius 1 is 0.515 bits per heavy atom. The van der Waals surface area contributed by atoms with Gasteiger partial charge in [0.25, 0.3) is 39.8 Å². The summed E-state index contributed by atoms with van der Waals surface area (Å²) in [6.07, 6.45) is 2.41. The Hall–Kier alpha value is -7.12. The van der Waals surface area contributed by atoms with Crippen LogP contribution in [-0.4, -0.2) is 93.1 Å². The maximum absolute atomic E-state index is 11.6. The molecule has 3 rings (SSSR count).